The fourth-order valence-electron chi connectivity index (χ4n) is 3.21. The van der Waals surface area contributed by atoms with E-state index in [2.05, 4.69) is 92.2 Å². The Bertz CT molecular complexity index is 883. The summed E-state index contributed by atoms with van der Waals surface area (Å²) < 4.78 is 0. The van der Waals surface area contributed by atoms with Crippen LogP contribution in [0.1, 0.15) is 36.1 Å². The van der Waals surface area contributed by atoms with E-state index >= 15 is 0 Å². The molecule has 3 rings (SSSR count). The van der Waals surface area contributed by atoms with Crippen molar-refractivity contribution in [1.29, 1.82) is 0 Å². The fourth-order valence-corrected chi connectivity index (χ4v) is 3.21. The maximum Gasteiger partial charge on any atom is 0.0708 e. The van der Waals surface area contributed by atoms with Gasteiger partial charge in [0.2, 0.25) is 0 Å². The summed E-state index contributed by atoms with van der Waals surface area (Å²) in [6.07, 6.45) is 6.36. The summed E-state index contributed by atoms with van der Waals surface area (Å²) in [5.41, 5.74) is 7.26. The van der Waals surface area contributed by atoms with Crippen LogP contribution in [0.3, 0.4) is 0 Å². The van der Waals surface area contributed by atoms with E-state index in [1.165, 1.54) is 33.3 Å². The molecule has 0 radical (unpaired) electrons. The van der Waals surface area contributed by atoms with E-state index in [9.17, 15) is 0 Å². The van der Waals surface area contributed by atoms with E-state index in [-0.39, 0.29) is 0 Å². The molecule has 2 aromatic carbocycles. The van der Waals surface area contributed by atoms with Gasteiger partial charge < -0.3 is 4.90 Å². The summed E-state index contributed by atoms with van der Waals surface area (Å²) in [6, 6.07) is 15.2. The van der Waals surface area contributed by atoms with Crippen LogP contribution < -0.4 is 4.90 Å². The highest BCUT2D eigenvalue weighted by molar-refractivity contribution is 5.92. The highest BCUT2D eigenvalue weighted by Gasteiger charge is 2.04. The third kappa shape index (κ3) is 3.74. The molecule has 25 heavy (non-hydrogen) atoms. The average molecular weight is 330 g/mol. The van der Waals surface area contributed by atoms with Gasteiger partial charge in [-0.3, -0.25) is 4.98 Å². The number of hydrogen-bond acceptors (Lipinski definition) is 2. The second-order valence-corrected chi connectivity index (χ2v) is 6.47. The van der Waals surface area contributed by atoms with Gasteiger partial charge in [-0.05, 0) is 68.7 Å². The second-order valence-electron chi connectivity index (χ2n) is 6.47. The lowest BCUT2D eigenvalue weighted by molar-refractivity contribution is 0.866. The van der Waals surface area contributed by atoms with E-state index in [1.807, 2.05) is 6.20 Å². The number of anilines is 1. The molecule has 0 atom stereocenters. The van der Waals surface area contributed by atoms with E-state index < -0.39 is 0 Å². The first-order valence-corrected chi connectivity index (χ1v) is 9.01. The Morgan fingerprint density at radius 2 is 1.64 bits per heavy atom. The zero-order valence-electron chi connectivity index (χ0n) is 15.6. The summed E-state index contributed by atoms with van der Waals surface area (Å²) in [7, 11) is 0. The van der Waals surface area contributed by atoms with Crippen molar-refractivity contribution < 1.29 is 0 Å². The minimum atomic E-state index is 1.03. The van der Waals surface area contributed by atoms with E-state index in [4.69, 9.17) is 0 Å². The van der Waals surface area contributed by atoms with Gasteiger partial charge in [0.25, 0.3) is 0 Å². The van der Waals surface area contributed by atoms with Crippen molar-refractivity contribution in [3.63, 3.8) is 0 Å². The van der Waals surface area contributed by atoms with Crippen LogP contribution in [-0.2, 0) is 0 Å². The van der Waals surface area contributed by atoms with Crippen molar-refractivity contribution in [2.45, 2.75) is 27.7 Å². The Balaban J connectivity index is 1.93. The molecular formula is C23H26N2. The number of rotatable bonds is 5. The summed E-state index contributed by atoms with van der Waals surface area (Å²) in [4.78, 5) is 6.91. The van der Waals surface area contributed by atoms with Crippen molar-refractivity contribution in [2.75, 3.05) is 18.0 Å². The average Bonchev–Trinajstić information content (AvgIpc) is 2.63. The van der Waals surface area contributed by atoms with Gasteiger partial charge in [0.15, 0.2) is 0 Å². The molecule has 0 fully saturated rings. The molecule has 0 saturated heterocycles. The Morgan fingerprint density at radius 3 is 2.32 bits per heavy atom. The molecule has 0 spiro atoms. The van der Waals surface area contributed by atoms with Crippen LogP contribution in [0.25, 0.3) is 23.1 Å². The maximum absolute atomic E-state index is 4.55. The topological polar surface area (TPSA) is 16.1 Å². The van der Waals surface area contributed by atoms with Crippen molar-refractivity contribution >= 4 is 28.7 Å². The molecule has 0 aliphatic heterocycles. The van der Waals surface area contributed by atoms with Crippen molar-refractivity contribution in [3.8, 4) is 0 Å². The molecule has 2 heteroatoms. The first kappa shape index (κ1) is 17.2. The van der Waals surface area contributed by atoms with Crippen LogP contribution >= 0.6 is 0 Å². The monoisotopic (exact) mass is 330 g/mol. The highest BCUT2D eigenvalue weighted by atomic mass is 15.1. The minimum absolute atomic E-state index is 1.03. The highest BCUT2D eigenvalue weighted by Crippen LogP contribution is 2.24. The molecular weight excluding hydrogens is 304 g/mol. The number of benzene rings is 2. The molecule has 0 aliphatic carbocycles. The summed E-state index contributed by atoms with van der Waals surface area (Å²) >= 11 is 0. The molecule has 0 saturated carbocycles. The Kier molecular flexibility index (Phi) is 5.18. The summed E-state index contributed by atoms with van der Waals surface area (Å²) in [5.74, 6) is 0. The third-order valence-electron chi connectivity index (χ3n) is 4.73. The Morgan fingerprint density at radius 1 is 0.920 bits per heavy atom. The lowest BCUT2D eigenvalue weighted by Gasteiger charge is -2.20. The third-order valence-corrected chi connectivity index (χ3v) is 4.73. The van der Waals surface area contributed by atoms with Gasteiger partial charge in [0.1, 0.15) is 0 Å². The zero-order valence-corrected chi connectivity index (χ0v) is 15.6. The fraction of sp³-hybridized carbons (Fsp3) is 0.261. The maximum atomic E-state index is 4.55. The molecule has 0 bridgehead atoms. The lowest BCUT2D eigenvalue weighted by Crippen LogP contribution is -2.21. The molecule has 128 valence electrons. The van der Waals surface area contributed by atoms with Crippen LogP contribution in [0.4, 0.5) is 5.69 Å². The first-order chi connectivity index (χ1) is 12.1. The van der Waals surface area contributed by atoms with Crippen molar-refractivity contribution in [3.05, 3.63) is 70.9 Å². The van der Waals surface area contributed by atoms with Crippen LogP contribution in [0.5, 0.6) is 0 Å². The van der Waals surface area contributed by atoms with Gasteiger partial charge in [-0.1, -0.05) is 35.9 Å². The van der Waals surface area contributed by atoms with E-state index in [1.54, 1.807) is 0 Å². The Hall–Kier alpha value is -2.61. The number of fused-ring (bicyclic) bond motifs is 1. The van der Waals surface area contributed by atoms with Gasteiger partial charge in [-0.2, -0.15) is 0 Å². The smallest absolute Gasteiger partial charge is 0.0708 e. The number of hydrogen-bond donors (Lipinski definition) is 0. The van der Waals surface area contributed by atoms with Crippen LogP contribution in [0.15, 0.2) is 48.7 Å². The van der Waals surface area contributed by atoms with Crippen molar-refractivity contribution in [1.82, 2.24) is 4.98 Å². The van der Waals surface area contributed by atoms with Crippen LogP contribution in [-0.4, -0.2) is 18.1 Å². The second kappa shape index (κ2) is 7.52. The van der Waals surface area contributed by atoms with Crippen LogP contribution in [0.2, 0.25) is 0 Å². The largest absolute Gasteiger partial charge is 0.372 e. The number of nitrogens with zero attached hydrogens (tertiary/aromatic N) is 2. The van der Waals surface area contributed by atoms with Gasteiger partial charge in [-0.15, -0.1) is 0 Å². The quantitative estimate of drug-likeness (QED) is 0.582. The number of aromatic nitrogens is 1. The van der Waals surface area contributed by atoms with E-state index in [0.29, 0.717) is 0 Å². The molecule has 0 N–H and O–H groups in total. The number of aryl methyl sites for hydroxylation is 2. The SMILES string of the molecule is CCN(CC)c1ccc(/C=C/c2c(C)cnc3ccc(C)cc23)cc1. The molecule has 0 aliphatic rings. The van der Waals surface area contributed by atoms with Crippen LogP contribution in [0, 0.1) is 13.8 Å². The minimum Gasteiger partial charge on any atom is -0.372 e. The predicted molar refractivity (Wildman–Crippen MR) is 110 cm³/mol. The first-order valence-electron chi connectivity index (χ1n) is 9.01. The Labute approximate surface area is 150 Å². The molecule has 0 unspecified atom stereocenters. The van der Waals surface area contributed by atoms with Gasteiger partial charge in [0.05, 0.1) is 5.52 Å². The standard InChI is InChI=1S/C23H26N2/c1-5-25(6-2)20-11-8-19(9-12-20)10-13-21-18(4)16-24-23-14-7-17(3)15-22(21)23/h7-16H,5-6H2,1-4H3/b13-10+. The van der Waals surface area contributed by atoms with Gasteiger partial charge in [0, 0.05) is 30.4 Å². The molecule has 0 amide bonds. The molecule has 1 aromatic heterocycles. The lowest BCUT2D eigenvalue weighted by atomic mass is 10.0. The van der Waals surface area contributed by atoms with Crippen molar-refractivity contribution in [2.24, 2.45) is 0 Å². The van der Waals surface area contributed by atoms with E-state index in [0.717, 1.165) is 18.6 Å². The molecule has 2 nitrogen and oxygen atoms in total. The predicted octanol–water partition coefficient (Wildman–Crippen LogP) is 5.87. The number of pyridine rings is 1. The molecule has 1 heterocycles. The van der Waals surface area contributed by atoms with Gasteiger partial charge in [-0.25, -0.2) is 0 Å². The normalized spacial score (nSPS) is 11.4. The van der Waals surface area contributed by atoms with Gasteiger partial charge >= 0.3 is 0 Å². The molecule has 3 aromatic rings. The summed E-state index contributed by atoms with van der Waals surface area (Å²) in [5, 5.41) is 1.22. The zero-order chi connectivity index (χ0) is 17.8. The summed E-state index contributed by atoms with van der Waals surface area (Å²) in [6.45, 7) is 10.7.